The molecule has 0 aromatic carbocycles. The van der Waals surface area contributed by atoms with E-state index in [1.54, 1.807) is 11.3 Å². The molecule has 1 aliphatic heterocycles. The summed E-state index contributed by atoms with van der Waals surface area (Å²) in [5, 5.41) is 2.83. The molecule has 0 bridgehead atoms. The molecule has 0 aliphatic carbocycles. The lowest BCUT2D eigenvalue weighted by molar-refractivity contribution is 0.330. The van der Waals surface area contributed by atoms with Crippen molar-refractivity contribution < 1.29 is 0 Å². The van der Waals surface area contributed by atoms with E-state index in [1.165, 1.54) is 4.88 Å². The number of thiophene rings is 1. The van der Waals surface area contributed by atoms with Crippen molar-refractivity contribution in [2.45, 2.75) is 19.0 Å². The number of hydrogen-bond donors (Lipinski definition) is 1. The number of rotatable bonds is 2. The Morgan fingerprint density at radius 2 is 2.54 bits per heavy atom. The van der Waals surface area contributed by atoms with Gasteiger partial charge < -0.3 is 5.73 Å². The highest BCUT2D eigenvalue weighted by atomic mass is 35.5. The van der Waals surface area contributed by atoms with Crippen LogP contribution in [0.5, 0.6) is 0 Å². The molecule has 4 heteroatoms. The van der Waals surface area contributed by atoms with Gasteiger partial charge in [-0.05, 0) is 12.5 Å². The predicted octanol–water partition coefficient (Wildman–Crippen LogP) is 1.93. The van der Waals surface area contributed by atoms with Crippen molar-refractivity contribution in [2.24, 2.45) is 5.73 Å². The highest BCUT2D eigenvalue weighted by Gasteiger charge is 2.19. The summed E-state index contributed by atoms with van der Waals surface area (Å²) < 4.78 is 0. The Labute approximate surface area is 87.3 Å². The Balaban J connectivity index is 1.91. The Hall–Kier alpha value is -0.0900. The van der Waals surface area contributed by atoms with Crippen molar-refractivity contribution >= 4 is 22.9 Å². The summed E-state index contributed by atoms with van der Waals surface area (Å²) in [6, 6.07) is 2.41. The summed E-state index contributed by atoms with van der Waals surface area (Å²) in [4.78, 5) is 3.71. The molecule has 0 amide bonds. The third-order valence-corrected chi connectivity index (χ3v) is 3.58. The SMILES string of the molecule is NC1CCN(Cc2cc(Cl)cs2)C1. The normalized spacial score (nSPS) is 24.0. The van der Waals surface area contributed by atoms with Crippen molar-refractivity contribution in [2.75, 3.05) is 13.1 Å². The highest BCUT2D eigenvalue weighted by Crippen LogP contribution is 2.21. The molecule has 2 N–H and O–H groups in total. The molecule has 2 heterocycles. The molecule has 0 spiro atoms. The zero-order valence-electron chi connectivity index (χ0n) is 7.37. The number of hydrogen-bond acceptors (Lipinski definition) is 3. The summed E-state index contributed by atoms with van der Waals surface area (Å²) in [5.74, 6) is 0. The second kappa shape index (κ2) is 3.96. The largest absolute Gasteiger partial charge is 0.326 e. The van der Waals surface area contributed by atoms with Crippen LogP contribution in [-0.2, 0) is 6.54 Å². The zero-order valence-corrected chi connectivity index (χ0v) is 8.94. The average molecular weight is 217 g/mol. The lowest BCUT2D eigenvalue weighted by Gasteiger charge is -2.12. The Kier molecular flexibility index (Phi) is 2.89. The van der Waals surface area contributed by atoms with Crippen LogP contribution in [0.2, 0.25) is 5.02 Å². The number of halogens is 1. The fourth-order valence-electron chi connectivity index (χ4n) is 1.66. The van der Waals surface area contributed by atoms with Gasteiger partial charge in [0.15, 0.2) is 0 Å². The smallest absolute Gasteiger partial charge is 0.0516 e. The Bertz CT molecular complexity index is 287. The van der Waals surface area contributed by atoms with E-state index in [4.69, 9.17) is 17.3 Å². The summed E-state index contributed by atoms with van der Waals surface area (Å²) in [6.45, 7) is 3.15. The monoisotopic (exact) mass is 216 g/mol. The molecule has 1 atom stereocenters. The molecule has 1 saturated heterocycles. The molecule has 1 aromatic heterocycles. The second-order valence-corrected chi connectivity index (χ2v) is 4.95. The number of likely N-dealkylation sites (tertiary alicyclic amines) is 1. The van der Waals surface area contributed by atoms with Crippen LogP contribution in [0.4, 0.5) is 0 Å². The van der Waals surface area contributed by atoms with Gasteiger partial charge in [-0.2, -0.15) is 0 Å². The first-order valence-electron chi connectivity index (χ1n) is 4.45. The zero-order chi connectivity index (χ0) is 9.26. The van der Waals surface area contributed by atoms with Gasteiger partial charge in [-0.25, -0.2) is 0 Å². The van der Waals surface area contributed by atoms with Gasteiger partial charge in [0.2, 0.25) is 0 Å². The molecule has 1 fully saturated rings. The van der Waals surface area contributed by atoms with Crippen molar-refractivity contribution in [3.05, 3.63) is 21.3 Å². The Morgan fingerprint density at radius 3 is 3.08 bits per heavy atom. The van der Waals surface area contributed by atoms with Crippen LogP contribution < -0.4 is 5.73 Å². The fraction of sp³-hybridized carbons (Fsp3) is 0.556. The second-order valence-electron chi connectivity index (χ2n) is 3.52. The fourth-order valence-corrected chi connectivity index (χ4v) is 2.78. The number of nitrogens with two attached hydrogens (primary N) is 1. The van der Waals surface area contributed by atoms with Crippen LogP contribution in [0.15, 0.2) is 11.4 Å². The van der Waals surface area contributed by atoms with E-state index in [-0.39, 0.29) is 0 Å². The lowest BCUT2D eigenvalue weighted by Crippen LogP contribution is -2.25. The number of nitrogens with zero attached hydrogens (tertiary/aromatic N) is 1. The molecule has 0 radical (unpaired) electrons. The standard InChI is InChI=1S/C9H13ClN2S/c10-7-3-9(13-6-7)5-12-2-1-8(11)4-12/h3,6,8H,1-2,4-5,11H2. The molecule has 0 saturated carbocycles. The molecule has 1 unspecified atom stereocenters. The van der Waals surface area contributed by atoms with Crippen LogP contribution in [0, 0.1) is 0 Å². The minimum Gasteiger partial charge on any atom is -0.326 e. The molecule has 2 rings (SSSR count). The Morgan fingerprint density at radius 1 is 1.69 bits per heavy atom. The van der Waals surface area contributed by atoms with Gasteiger partial charge in [-0.3, -0.25) is 4.90 Å². The minimum absolute atomic E-state index is 0.371. The van der Waals surface area contributed by atoms with Gasteiger partial charge in [0.25, 0.3) is 0 Å². The minimum atomic E-state index is 0.371. The topological polar surface area (TPSA) is 29.3 Å². The van der Waals surface area contributed by atoms with Gasteiger partial charge in [0.1, 0.15) is 0 Å². The van der Waals surface area contributed by atoms with E-state index >= 15 is 0 Å². The van der Waals surface area contributed by atoms with Crippen molar-refractivity contribution in [1.82, 2.24) is 4.90 Å². The summed E-state index contributed by atoms with van der Waals surface area (Å²) >= 11 is 7.56. The van der Waals surface area contributed by atoms with E-state index in [2.05, 4.69) is 4.90 Å². The van der Waals surface area contributed by atoms with Gasteiger partial charge in [-0.1, -0.05) is 11.6 Å². The van der Waals surface area contributed by atoms with Crippen LogP contribution in [0.1, 0.15) is 11.3 Å². The lowest BCUT2D eigenvalue weighted by atomic mass is 10.3. The van der Waals surface area contributed by atoms with Gasteiger partial charge in [0.05, 0.1) is 5.02 Å². The molecule has 1 aromatic rings. The van der Waals surface area contributed by atoms with Crippen molar-refractivity contribution in [1.29, 1.82) is 0 Å². The maximum Gasteiger partial charge on any atom is 0.0516 e. The first-order valence-corrected chi connectivity index (χ1v) is 5.70. The van der Waals surface area contributed by atoms with Crippen LogP contribution in [-0.4, -0.2) is 24.0 Å². The first kappa shape index (κ1) is 9.46. The van der Waals surface area contributed by atoms with E-state index < -0.39 is 0 Å². The van der Waals surface area contributed by atoms with Gasteiger partial charge in [0, 0.05) is 35.9 Å². The summed E-state index contributed by atoms with van der Waals surface area (Å²) in [7, 11) is 0. The van der Waals surface area contributed by atoms with Crippen molar-refractivity contribution in [3.8, 4) is 0 Å². The summed E-state index contributed by atoms with van der Waals surface area (Å²) in [5.41, 5.74) is 5.82. The van der Waals surface area contributed by atoms with Crippen molar-refractivity contribution in [3.63, 3.8) is 0 Å². The predicted molar refractivity (Wildman–Crippen MR) is 57.2 cm³/mol. The third kappa shape index (κ3) is 2.44. The molecule has 72 valence electrons. The van der Waals surface area contributed by atoms with Gasteiger partial charge >= 0.3 is 0 Å². The average Bonchev–Trinajstić information content (AvgIpc) is 2.62. The highest BCUT2D eigenvalue weighted by molar-refractivity contribution is 7.10. The summed E-state index contributed by atoms with van der Waals surface area (Å²) in [6.07, 6.45) is 1.12. The van der Waals surface area contributed by atoms with Crippen LogP contribution in [0.3, 0.4) is 0 Å². The van der Waals surface area contributed by atoms with E-state index in [0.717, 1.165) is 31.1 Å². The van der Waals surface area contributed by atoms with Crippen LogP contribution >= 0.6 is 22.9 Å². The molecule has 13 heavy (non-hydrogen) atoms. The van der Waals surface area contributed by atoms with Gasteiger partial charge in [-0.15, -0.1) is 11.3 Å². The molecule has 1 aliphatic rings. The van der Waals surface area contributed by atoms with Crippen LogP contribution in [0.25, 0.3) is 0 Å². The maximum atomic E-state index is 5.84. The van der Waals surface area contributed by atoms with E-state index in [0.29, 0.717) is 6.04 Å². The third-order valence-electron chi connectivity index (χ3n) is 2.31. The van der Waals surface area contributed by atoms with E-state index in [1.807, 2.05) is 11.4 Å². The van der Waals surface area contributed by atoms with E-state index in [9.17, 15) is 0 Å². The first-order chi connectivity index (χ1) is 6.24. The molecule has 2 nitrogen and oxygen atoms in total. The molecular formula is C9H13ClN2S. The molecular weight excluding hydrogens is 204 g/mol. The maximum absolute atomic E-state index is 5.84. The quantitative estimate of drug-likeness (QED) is 0.819.